The van der Waals surface area contributed by atoms with Crippen LogP contribution in [0.3, 0.4) is 0 Å². The van der Waals surface area contributed by atoms with Gasteiger partial charge in [0.25, 0.3) is 0 Å². The molecule has 0 spiro atoms. The first-order valence-electron chi connectivity index (χ1n) is 10.5. The van der Waals surface area contributed by atoms with Crippen molar-refractivity contribution in [3.05, 3.63) is 35.4 Å². The Hall–Kier alpha value is -3.10. The summed E-state index contributed by atoms with van der Waals surface area (Å²) in [6.07, 6.45) is -0.732. The van der Waals surface area contributed by atoms with E-state index in [4.69, 9.17) is 4.74 Å². The van der Waals surface area contributed by atoms with Crippen LogP contribution in [-0.4, -0.2) is 60.1 Å². The summed E-state index contributed by atoms with van der Waals surface area (Å²) in [6.45, 7) is 11.8. The van der Waals surface area contributed by atoms with Crippen LogP contribution in [0.5, 0.6) is 0 Å². The van der Waals surface area contributed by atoms with E-state index in [9.17, 15) is 19.2 Å². The lowest BCUT2D eigenvalue weighted by Gasteiger charge is -2.36. The van der Waals surface area contributed by atoms with E-state index in [0.29, 0.717) is 5.56 Å². The third kappa shape index (κ3) is 8.20. The molecule has 9 heteroatoms. The van der Waals surface area contributed by atoms with E-state index < -0.39 is 41.6 Å². The first-order chi connectivity index (χ1) is 14.8. The largest absolute Gasteiger partial charge is 0.468 e. The van der Waals surface area contributed by atoms with Gasteiger partial charge in [-0.1, -0.05) is 29.8 Å². The maximum atomic E-state index is 13.4. The Morgan fingerprint density at radius 2 is 1.72 bits per heavy atom. The van der Waals surface area contributed by atoms with E-state index in [1.54, 1.807) is 52.8 Å². The van der Waals surface area contributed by atoms with Gasteiger partial charge in [0.2, 0.25) is 11.8 Å². The van der Waals surface area contributed by atoms with E-state index in [-0.39, 0.29) is 12.6 Å². The number of ether oxygens (including phenoxy) is 2. The number of rotatable bonds is 8. The smallest absolute Gasteiger partial charge is 0.408 e. The molecule has 0 heterocycles. The van der Waals surface area contributed by atoms with Crippen LogP contribution >= 0.6 is 0 Å². The average molecular weight is 450 g/mol. The first-order valence-corrected chi connectivity index (χ1v) is 10.5. The van der Waals surface area contributed by atoms with Crippen molar-refractivity contribution in [1.82, 2.24) is 15.5 Å². The van der Waals surface area contributed by atoms with Crippen LogP contribution in [-0.2, 0) is 23.9 Å². The van der Waals surface area contributed by atoms with Crippen molar-refractivity contribution in [3.8, 4) is 0 Å². The number of alkyl carbamates (subject to hydrolysis) is 1. The van der Waals surface area contributed by atoms with Crippen molar-refractivity contribution in [1.29, 1.82) is 0 Å². The molecular weight excluding hydrogens is 414 g/mol. The Bertz CT molecular complexity index is 831. The van der Waals surface area contributed by atoms with Gasteiger partial charge in [0.05, 0.1) is 7.11 Å². The summed E-state index contributed by atoms with van der Waals surface area (Å²) in [5, 5.41) is 5.06. The Balaban J connectivity index is 3.25. The molecule has 9 nitrogen and oxygen atoms in total. The quantitative estimate of drug-likeness (QED) is 0.590. The van der Waals surface area contributed by atoms with Gasteiger partial charge in [0, 0.05) is 6.04 Å². The highest BCUT2D eigenvalue weighted by atomic mass is 16.6. The lowest BCUT2D eigenvalue weighted by Crippen LogP contribution is -2.54. The molecule has 0 radical (unpaired) electrons. The molecule has 0 aliphatic carbocycles. The van der Waals surface area contributed by atoms with Gasteiger partial charge in [-0.05, 0) is 54.0 Å². The van der Waals surface area contributed by atoms with Crippen molar-refractivity contribution < 1.29 is 28.7 Å². The van der Waals surface area contributed by atoms with Gasteiger partial charge < -0.3 is 25.0 Å². The van der Waals surface area contributed by atoms with E-state index in [1.165, 1.54) is 18.9 Å². The Labute approximate surface area is 189 Å². The lowest BCUT2D eigenvalue weighted by atomic mass is 9.99. The molecule has 2 unspecified atom stereocenters. The molecule has 32 heavy (non-hydrogen) atoms. The Morgan fingerprint density at radius 1 is 1.09 bits per heavy atom. The van der Waals surface area contributed by atoms with Crippen LogP contribution in [0.25, 0.3) is 0 Å². The molecule has 1 aromatic rings. The van der Waals surface area contributed by atoms with Crippen LogP contribution in [0.15, 0.2) is 24.3 Å². The second-order valence-electron chi connectivity index (χ2n) is 8.82. The average Bonchev–Trinajstić information content (AvgIpc) is 2.67. The monoisotopic (exact) mass is 449 g/mol. The van der Waals surface area contributed by atoms with Gasteiger partial charge in [0.15, 0.2) is 0 Å². The second-order valence-corrected chi connectivity index (χ2v) is 8.82. The minimum Gasteiger partial charge on any atom is -0.468 e. The van der Waals surface area contributed by atoms with E-state index in [1.807, 2.05) is 13.0 Å². The van der Waals surface area contributed by atoms with Crippen LogP contribution in [0.2, 0.25) is 0 Å². The molecule has 0 bridgehead atoms. The maximum Gasteiger partial charge on any atom is 0.408 e. The fourth-order valence-corrected chi connectivity index (χ4v) is 3.06. The van der Waals surface area contributed by atoms with Crippen molar-refractivity contribution >= 4 is 23.9 Å². The van der Waals surface area contributed by atoms with Gasteiger partial charge >= 0.3 is 12.1 Å². The van der Waals surface area contributed by atoms with Crippen LogP contribution in [0.1, 0.15) is 58.7 Å². The summed E-state index contributed by atoms with van der Waals surface area (Å²) >= 11 is 0. The number of carbonyl (C=O) groups is 4. The number of methoxy groups -OCH3 is 1. The van der Waals surface area contributed by atoms with Crippen LogP contribution < -0.4 is 10.6 Å². The van der Waals surface area contributed by atoms with Gasteiger partial charge in [-0.15, -0.1) is 0 Å². The second kappa shape index (κ2) is 11.5. The SMILES string of the molecule is COC(=O)CNC(=O)C(c1cccc(C)c1)N(C(=O)C(C)NC(=O)OC(C)(C)C)C(C)C. The molecule has 0 fully saturated rings. The normalized spacial score (nSPS) is 13.0. The first kappa shape index (κ1) is 26.9. The highest BCUT2D eigenvalue weighted by Crippen LogP contribution is 2.25. The summed E-state index contributed by atoms with van der Waals surface area (Å²) in [5.74, 6) is -1.61. The van der Waals surface area contributed by atoms with Crippen molar-refractivity contribution in [2.45, 2.75) is 72.2 Å². The van der Waals surface area contributed by atoms with Crippen LogP contribution in [0, 0.1) is 6.92 Å². The molecule has 2 N–H and O–H groups in total. The fourth-order valence-electron chi connectivity index (χ4n) is 3.06. The third-order valence-electron chi connectivity index (χ3n) is 4.43. The molecular formula is C23H35N3O6. The highest BCUT2D eigenvalue weighted by molar-refractivity contribution is 5.93. The predicted octanol–water partition coefficient (Wildman–Crippen LogP) is 2.48. The standard InChI is InChI=1S/C23H35N3O6/c1-14(2)26(21(29)16(4)25-22(30)32-23(5,6)7)19(17-11-9-10-15(3)12-17)20(28)24-13-18(27)31-8/h9-12,14,16,19H,13H2,1-8H3,(H,24,28)(H,25,30). The molecule has 0 aromatic heterocycles. The third-order valence-corrected chi connectivity index (χ3v) is 4.43. The van der Waals surface area contributed by atoms with Crippen molar-refractivity contribution in [3.63, 3.8) is 0 Å². The molecule has 1 rings (SSSR count). The minimum absolute atomic E-state index is 0.330. The zero-order valence-corrected chi connectivity index (χ0v) is 20.1. The van der Waals surface area contributed by atoms with Gasteiger partial charge in [-0.3, -0.25) is 14.4 Å². The number of nitrogens with zero attached hydrogens (tertiary/aromatic N) is 1. The molecule has 0 aliphatic heterocycles. The predicted molar refractivity (Wildman–Crippen MR) is 120 cm³/mol. The number of esters is 1. The molecule has 0 aliphatic rings. The Morgan fingerprint density at radius 3 is 2.22 bits per heavy atom. The molecule has 2 atom stereocenters. The topological polar surface area (TPSA) is 114 Å². The van der Waals surface area contributed by atoms with Crippen molar-refractivity contribution in [2.75, 3.05) is 13.7 Å². The fraction of sp³-hybridized carbons (Fsp3) is 0.565. The summed E-state index contributed by atoms with van der Waals surface area (Å²) in [7, 11) is 1.22. The number of amides is 3. The van der Waals surface area contributed by atoms with Gasteiger partial charge in [0.1, 0.15) is 24.2 Å². The summed E-state index contributed by atoms with van der Waals surface area (Å²) in [4.78, 5) is 51.6. The number of nitrogens with one attached hydrogen (secondary N) is 2. The van der Waals surface area contributed by atoms with Gasteiger partial charge in [-0.2, -0.15) is 0 Å². The van der Waals surface area contributed by atoms with E-state index in [2.05, 4.69) is 15.4 Å². The number of aryl methyl sites for hydroxylation is 1. The van der Waals surface area contributed by atoms with E-state index in [0.717, 1.165) is 5.56 Å². The maximum absolute atomic E-state index is 13.4. The molecule has 178 valence electrons. The molecule has 3 amide bonds. The molecule has 1 aromatic carbocycles. The van der Waals surface area contributed by atoms with Crippen molar-refractivity contribution in [2.24, 2.45) is 0 Å². The zero-order chi connectivity index (χ0) is 24.6. The van der Waals surface area contributed by atoms with E-state index >= 15 is 0 Å². The lowest BCUT2D eigenvalue weighted by molar-refractivity contribution is -0.146. The van der Waals surface area contributed by atoms with Gasteiger partial charge in [-0.25, -0.2) is 4.79 Å². The number of carbonyl (C=O) groups excluding carboxylic acids is 4. The highest BCUT2D eigenvalue weighted by Gasteiger charge is 2.36. The number of benzene rings is 1. The van der Waals surface area contributed by atoms with Crippen LogP contribution in [0.4, 0.5) is 4.79 Å². The summed E-state index contributed by atoms with van der Waals surface area (Å²) in [6, 6.07) is 4.85. The summed E-state index contributed by atoms with van der Waals surface area (Å²) < 4.78 is 9.82. The minimum atomic E-state index is -1.02. The summed E-state index contributed by atoms with van der Waals surface area (Å²) in [5.41, 5.74) is 0.769. The zero-order valence-electron chi connectivity index (χ0n) is 20.1. The Kier molecular flexibility index (Phi) is 9.68. The number of hydrogen-bond acceptors (Lipinski definition) is 6. The molecule has 0 saturated carbocycles. The number of hydrogen-bond donors (Lipinski definition) is 2. The molecule has 0 saturated heterocycles.